The minimum atomic E-state index is 1.22. The van der Waals surface area contributed by atoms with E-state index in [4.69, 9.17) is 0 Å². The van der Waals surface area contributed by atoms with E-state index in [9.17, 15) is 0 Å². The van der Waals surface area contributed by atoms with Crippen LogP contribution >= 0.6 is 0 Å². The molecule has 0 fully saturated rings. The molecule has 1 nitrogen and oxygen atoms in total. The van der Waals surface area contributed by atoms with Gasteiger partial charge >= 0.3 is 0 Å². The predicted octanol–water partition coefficient (Wildman–Crippen LogP) is 1.76. The van der Waals surface area contributed by atoms with Gasteiger partial charge in [-0.05, 0) is 42.9 Å². The summed E-state index contributed by atoms with van der Waals surface area (Å²) in [6, 6.07) is 2.02. The Morgan fingerprint density at radius 2 is 2.00 bits per heavy atom. The Balaban J connectivity index is 2.41. The first kappa shape index (κ1) is 5.90. The highest BCUT2D eigenvalue weighted by Gasteiger charge is 2.06. The van der Waals surface area contributed by atoms with Gasteiger partial charge in [0.1, 0.15) is 0 Å². The highest BCUT2D eigenvalue weighted by molar-refractivity contribution is 5.24. The third kappa shape index (κ3) is 0.919. The molecule has 0 saturated heterocycles. The fourth-order valence-corrected chi connectivity index (χ4v) is 1.49. The van der Waals surface area contributed by atoms with Crippen LogP contribution in [0.4, 0.5) is 0 Å². The van der Waals surface area contributed by atoms with Gasteiger partial charge in [0.25, 0.3) is 0 Å². The molecular weight excluding hydrogens is 122 g/mol. The van der Waals surface area contributed by atoms with Crippen LogP contribution in [0.25, 0.3) is 0 Å². The molecule has 1 aromatic rings. The van der Waals surface area contributed by atoms with Crippen molar-refractivity contribution in [1.82, 2.24) is 4.98 Å². The van der Waals surface area contributed by atoms with Crippen LogP contribution in [-0.4, -0.2) is 4.98 Å². The Morgan fingerprint density at radius 1 is 1.20 bits per heavy atom. The average Bonchev–Trinajstić information content (AvgIpc) is 2.05. The van der Waals surface area contributed by atoms with Crippen LogP contribution in [0.3, 0.4) is 0 Å². The quantitative estimate of drug-likeness (QED) is 0.524. The fraction of sp³-hybridized carbons (Fsp3) is 0.444. The van der Waals surface area contributed by atoms with Crippen LogP contribution in [0.2, 0.25) is 0 Å². The van der Waals surface area contributed by atoms with Crippen molar-refractivity contribution < 1.29 is 0 Å². The van der Waals surface area contributed by atoms with Gasteiger partial charge in [-0.2, -0.15) is 0 Å². The van der Waals surface area contributed by atoms with Crippen molar-refractivity contribution in [3.8, 4) is 0 Å². The topological polar surface area (TPSA) is 12.9 Å². The second kappa shape index (κ2) is 2.41. The second-order valence-electron chi connectivity index (χ2n) is 2.79. The van der Waals surface area contributed by atoms with Gasteiger partial charge in [-0.25, -0.2) is 0 Å². The summed E-state index contributed by atoms with van der Waals surface area (Å²) < 4.78 is 0. The van der Waals surface area contributed by atoms with Crippen molar-refractivity contribution in [2.24, 2.45) is 0 Å². The van der Waals surface area contributed by atoms with Gasteiger partial charge in [0.05, 0.1) is 6.20 Å². The minimum Gasteiger partial charge on any atom is -0.254 e. The molecule has 0 aliphatic heterocycles. The second-order valence-corrected chi connectivity index (χ2v) is 2.79. The van der Waals surface area contributed by atoms with Crippen molar-refractivity contribution in [2.45, 2.75) is 25.7 Å². The molecule has 0 N–H and O–H groups in total. The van der Waals surface area contributed by atoms with E-state index in [2.05, 4.69) is 11.2 Å². The minimum absolute atomic E-state index is 1.22. The number of aromatic nitrogens is 1. The number of rotatable bonds is 0. The SMILES string of the molecule is [c]1cc2c(cn1)CCCC2. The molecule has 1 aromatic heterocycles. The van der Waals surface area contributed by atoms with Crippen molar-refractivity contribution in [3.63, 3.8) is 0 Å². The van der Waals surface area contributed by atoms with Gasteiger partial charge in [0.2, 0.25) is 0 Å². The lowest BCUT2D eigenvalue weighted by Gasteiger charge is -2.13. The van der Waals surface area contributed by atoms with Crippen LogP contribution in [0.15, 0.2) is 12.3 Å². The van der Waals surface area contributed by atoms with Crippen molar-refractivity contribution in [3.05, 3.63) is 29.6 Å². The molecule has 0 amide bonds. The molecule has 0 bridgehead atoms. The van der Waals surface area contributed by atoms with E-state index in [1.54, 1.807) is 0 Å². The lowest BCUT2D eigenvalue weighted by molar-refractivity contribution is 0.682. The first-order chi connectivity index (χ1) is 4.97. The van der Waals surface area contributed by atoms with Crippen molar-refractivity contribution in [2.75, 3.05) is 0 Å². The Hall–Kier alpha value is -0.850. The highest BCUT2D eigenvalue weighted by atomic mass is 14.6. The zero-order chi connectivity index (χ0) is 6.81. The Labute approximate surface area is 61.1 Å². The van der Waals surface area contributed by atoms with E-state index in [0.29, 0.717) is 0 Å². The molecule has 1 heterocycles. The van der Waals surface area contributed by atoms with Crippen LogP contribution in [0, 0.1) is 6.20 Å². The fourth-order valence-electron chi connectivity index (χ4n) is 1.49. The summed E-state index contributed by atoms with van der Waals surface area (Å²) in [5.41, 5.74) is 2.89. The molecule has 51 valence electrons. The number of nitrogens with zero attached hydrogens (tertiary/aromatic N) is 1. The molecule has 1 aliphatic carbocycles. The zero-order valence-corrected chi connectivity index (χ0v) is 5.93. The summed E-state index contributed by atoms with van der Waals surface area (Å²) >= 11 is 0. The maximum Gasteiger partial charge on any atom is 0.0889 e. The third-order valence-electron chi connectivity index (χ3n) is 2.09. The zero-order valence-electron chi connectivity index (χ0n) is 5.93. The van der Waals surface area contributed by atoms with Gasteiger partial charge in [-0.1, -0.05) is 0 Å². The standard InChI is InChI=1S/C9H10N/c1-2-4-9-7-10-6-5-8(9)3-1/h5,7H,1-4H2. The van der Waals surface area contributed by atoms with Crippen LogP contribution in [0.5, 0.6) is 0 Å². The van der Waals surface area contributed by atoms with E-state index in [1.807, 2.05) is 12.3 Å². The number of aryl methyl sites for hydroxylation is 2. The van der Waals surface area contributed by atoms with Crippen LogP contribution < -0.4 is 0 Å². The van der Waals surface area contributed by atoms with E-state index < -0.39 is 0 Å². The van der Waals surface area contributed by atoms with Gasteiger partial charge in [-0.3, -0.25) is 4.98 Å². The Bertz CT molecular complexity index is 205. The molecule has 2 rings (SSSR count). The van der Waals surface area contributed by atoms with Crippen molar-refractivity contribution in [1.29, 1.82) is 0 Å². The smallest absolute Gasteiger partial charge is 0.0889 e. The van der Waals surface area contributed by atoms with Gasteiger partial charge in [0, 0.05) is 6.20 Å². The lowest BCUT2D eigenvalue weighted by Crippen LogP contribution is -2.02. The molecule has 0 spiro atoms. The molecule has 1 heteroatoms. The molecule has 0 unspecified atom stereocenters. The number of fused-ring (bicyclic) bond motifs is 1. The normalized spacial score (nSPS) is 16.4. The summed E-state index contributed by atoms with van der Waals surface area (Å²) in [4.78, 5) is 3.97. The molecule has 1 aliphatic rings. The van der Waals surface area contributed by atoms with E-state index >= 15 is 0 Å². The molecule has 0 atom stereocenters. The number of hydrogen-bond donors (Lipinski definition) is 0. The molecule has 0 aromatic carbocycles. The summed E-state index contributed by atoms with van der Waals surface area (Å²) in [5.74, 6) is 0. The lowest BCUT2D eigenvalue weighted by atomic mass is 9.94. The van der Waals surface area contributed by atoms with Gasteiger partial charge < -0.3 is 0 Å². The maximum absolute atomic E-state index is 3.97. The van der Waals surface area contributed by atoms with Gasteiger partial charge in [-0.15, -0.1) is 0 Å². The van der Waals surface area contributed by atoms with Crippen molar-refractivity contribution >= 4 is 0 Å². The maximum atomic E-state index is 3.97. The highest BCUT2D eigenvalue weighted by Crippen LogP contribution is 2.18. The van der Waals surface area contributed by atoms with E-state index in [-0.39, 0.29) is 0 Å². The van der Waals surface area contributed by atoms with Crippen LogP contribution in [-0.2, 0) is 12.8 Å². The van der Waals surface area contributed by atoms with E-state index in [0.717, 1.165) is 0 Å². The number of pyridine rings is 1. The average molecular weight is 132 g/mol. The molecule has 1 radical (unpaired) electrons. The molecule has 10 heavy (non-hydrogen) atoms. The summed E-state index contributed by atoms with van der Waals surface area (Å²) in [5, 5.41) is 0. The predicted molar refractivity (Wildman–Crippen MR) is 39.7 cm³/mol. The summed E-state index contributed by atoms with van der Waals surface area (Å²) in [6.07, 6.45) is 9.94. The Kier molecular flexibility index (Phi) is 1.42. The molecular formula is C9H10N. The first-order valence-electron chi connectivity index (χ1n) is 3.80. The monoisotopic (exact) mass is 132 g/mol. The summed E-state index contributed by atoms with van der Waals surface area (Å²) in [7, 11) is 0. The van der Waals surface area contributed by atoms with E-state index in [1.165, 1.54) is 36.8 Å². The Morgan fingerprint density at radius 3 is 2.80 bits per heavy atom. The molecule has 0 saturated carbocycles. The largest absolute Gasteiger partial charge is 0.254 e. The summed E-state index contributed by atoms with van der Waals surface area (Å²) in [6.45, 7) is 0. The first-order valence-corrected chi connectivity index (χ1v) is 3.80. The number of hydrogen-bond acceptors (Lipinski definition) is 1. The van der Waals surface area contributed by atoms with Crippen LogP contribution in [0.1, 0.15) is 24.0 Å². The van der Waals surface area contributed by atoms with Gasteiger partial charge in [0.15, 0.2) is 0 Å². The third-order valence-corrected chi connectivity index (χ3v) is 2.09.